The maximum atomic E-state index is 6.24. The van der Waals surface area contributed by atoms with Gasteiger partial charge in [-0.25, -0.2) is 4.98 Å². The Labute approximate surface area is 273 Å². The Morgan fingerprint density at radius 2 is 1.04 bits per heavy atom. The van der Waals surface area contributed by atoms with Crippen LogP contribution in [-0.2, 0) is 0 Å². The molecule has 11 rings (SSSR count). The number of nitrogens with zero attached hydrogens (tertiary/aromatic N) is 5. The Kier molecular flexibility index (Phi) is 5.02. The summed E-state index contributed by atoms with van der Waals surface area (Å²) in [4.78, 5) is 10.0. The van der Waals surface area contributed by atoms with Gasteiger partial charge in [-0.05, 0) is 54.6 Å². The normalized spacial score (nSPS) is 12.2. The average Bonchev–Trinajstić information content (AvgIpc) is 3.87. The van der Waals surface area contributed by atoms with E-state index in [1.54, 1.807) is 0 Å². The van der Waals surface area contributed by atoms with Crippen LogP contribution >= 0.6 is 0 Å². The number of fused-ring (bicyclic) bond motifs is 11. The van der Waals surface area contributed by atoms with Crippen molar-refractivity contribution in [2.45, 2.75) is 0 Å². The first-order chi connectivity index (χ1) is 23.8. The molecule has 0 amide bonds. The fraction of sp³-hybridized carbons (Fsp3) is 0. The maximum absolute atomic E-state index is 6.24. The predicted octanol–water partition coefficient (Wildman–Crippen LogP) is 10.5. The molecular weight excluding hydrogens is 590 g/mol. The molecule has 0 saturated carbocycles. The molecule has 0 aliphatic heterocycles. The first-order valence-electron chi connectivity index (χ1n) is 16.1. The lowest BCUT2D eigenvalue weighted by atomic mass is 10.1. The molecule has 0 atom stereocenters. The van der Waals surface area contributed by atoms with Crippen molar-refractivity contribution in [1.82, 2.24) is 23.7 Å². The highest BCUT2D eigenvalue weighted by atomic mass is 16.3. The van der Waals surface area contributed by atoms with Gasteiger partial charge in [0.15, 0.2) is 0 Å². The summed E-state index contributed by atoms with van der Waals surface area (Å²) in [5.41, 5.74) is 9.08. The van der Waals surface area contributed by atoms with Crippen LogP contribution in [0.25, 0.3) is 94.0 Å². The van der Waals surface area contributed by atoms with Gasteiger partial charge in [0, 0.05) is 49.9 Å². The predicted molar refractivity (Wildman–Crippen MR) is 195 cm³/mol. The fourth-order valence-corrected chi connectivity index (χ4v) is 7.73. The summed E-state index contributed by atoms with van der Waals surface area (Å²) in [5, 5.41) is 7.86. The van der Waals surface area contributed by atoms with Crippen LogP contribution in [0, 0.1) is 0 Å². The second-order valence-electron chi connectivity index (χ2n) is 12.3. The molecule has 0 radical (unpaired) electrons. The van der Waals surface area contributed by atoms with Gasteiger partial charge in [-0.15, -0.1) is 0 Å². The molecule has 0 aliphatic rings. The van der Waals surface area contributed by atoms with Crippen molar-refractivity contribution in [3.05, 3.63) is 152 Å². The number of furan rings is 1. The molecule has 0 fully saturated rings. The van der Waals surface area contributed by atoms with E-state index in [0.29, 0.717) is 11.7 Å². The summed E-state index contributed by atoms with van der Waals surface area (Å²) in [6.45, 7) is 0. The van der Waals surface area contributed by atoms with Crippen LogP contribution < -0.4 is 0 Å². The van der Waals surface area contributed by atoms with E-state index >= 15 is 0 Å². The number of rotatable bonds is 3. The molecule has 0 unspecified atom stereocenters. The third-order valence-electron chi connectivity index (χ3n) is 9.73. The Balaban J connectivity index is 1.28. The third kappa shape index (κ3) is 3.35. The molecule has 0 N–H and O–H groups in total. The highest BCUT2D eigenvalue weighted by molar-refractivity contribution is 6.23. The van der Waals surface area contributed by atoms with Gasteiger partial charge < -0.3 is 8.98 Å². The molecule has 6 heteroatoms. The first kappa shape index (κ1) is 25.5. The van der Waals surface area contributed by atoms with Crippen molar-refractivity contribution in [2.24, 2.45) is 0 Å². The Hall–Kier alpha value is -6.66. The average molecular weight is 616 g/mol. The molecule has 6 aromatic carbocycles. The van der Waals surface area contributed by atoms with Gasteiger partial charge in [0.1, 0.15) is 11.2 Å². The van der Waals surface area contributed by atoms with Crippen LogP contribution in [0.1, 0.15) is 0 Å². The van der Waals surface area contributed by atoms with Crippen molar-refractivity contribution < 1.29 is 4.42 Å². The number of benzene rings is 6. The molecule has 5 heterocycles. The minimum atomic E-state index is 0.565. The molecule has 0 spiro atoms. The van der Waals surface area contributed by atoms with E-state index in [0.717, 1.165) is 60.6 Å². The van der Waals surface area contributed by atoms with Crippen molar-refractivity contribution in [3.8, 4) is 17.3 Å². The molecule has 48 heavy (non-hydrogen) atoms. The Morgan fingerprint density at radius 3 is 1.79 bits per heavy atom. The van der Waals surface area contributed by atoms with Gasteiger partial charge in [-0.3, -0.25) is 9.13 Å². The summed E-state index contributed by atoms with van der Waals surface area (Å²) in [6.07, 6.45) is 1.89. The highest BCUT2D eigenvalue weighted by Crippen LogP contribution is 2.42. The molecular formula is C42H25N5O. The quantitative estimate of drug-likeness (QED) is 0.199. The van der Waals surface area contributed by atoms with E-state index in [1.807, 2.05) is 24.4 Å². The van der Waals surface area contributed by atoms with Crippen LogP contribution in [0.5, 0.6) is 0 Å². The topological polar surface area (TPSA) is 53.7 Å². The highest BCUT2D eigenvalue weighted by Gasteiger charge is 2.24. The van der Waals surface area contributed by atoms with Crippen LogP contribution in [0.4, 0.5) is 0 Å². The molecule has 0 saturated heterocycles. The summed E-state index contributed by atoms with van der Waals surface area (Å²) >= 11 is 0. The van der Waals surface area contributed by atoms with E-state index in [-0.39, 0.29) is 0 Å². The molecule has 0 bridgehead atoms. The lowest BCUT2D eigenvalue weighted by molar-refractivity contribution is 0.651. The number of para-hydroxylation sites is 5. The smallest absolute Gasteiger partial charge is 0.239 e. The van der Waals surface area contributed by atoms with Gasteiger partial charge in [0.25, 0.3) is 0 Å². The molecule has 224 valence electrons. The van der Waals surface area contributed by atoms with E-state index in [1.165, 1.54) is 21.8 Å². The maximum Gasteiger partial charge on any atom is 0.239 e. The molecule has 11 aromatic rings. The monoisotopic (exact) mass is 615 g/mol. The van der Waals surface area contributed by atoms with Crippen LogP contribution in [0.3, 0.4) is 0 Å². The van der Waals surface area contributed by atoms with Gasteiger partial charge in [-0.2, -0.15) is 4.98 Å². The summed E-state index contributed by atoms with van der Waals surface area (Å²) in [7, 11) is 0. The van der Waals surface area contributed by atoms with E-state index in [9.17, 15) is 0 Å². The summed E-state index contributed by atoms with van der Waals surface area (Å²) in [5.74, 6) is 0.565. The van der Waals surface area contributed by atoms with Crippen molar-refractivity contribution in [3.63, 3.8) is 0 Å². The van der Waals surface area contributed by atoms with E-state index in [4.69, 9.17) is 14.4 Å². The zero-order chi connectivity index (χ0) is 31.3. The van der Waals surface area contributed by atoms with Crippen LogP contribution in [0.2, 0.25) is 0 Å². The van der Waals surface area contributed by atoms with Crippen molar-refractivity contribution >= 4 is 76.7 Å². The largest absolute Gasteiger partial charge is 0.438 e. The zero-order valence-corrected chi connectivity index (χ0v) is 25.6. The minimum absolute atomic E-state index is 0.565. The van der Waals surface area contributed by atoms with Gasteiger partial charge in [0.05, 0.1) is 27.5 Å². The first-order valence-corrected chi connectivity index (χ1v) is 16.1. The van der Waals surface area contributed by atoms with Crippen LogP contribution in [-0.4, -0.2) is 23.7 Å². The molecule has 5 aromatic heterocycles. The lowest BCUT2D eigenvalue weighted by Gasteiger charge is -2.12. The third-order valence-corrected chi connectivity index (χ3v) is 9.73. The molecule has 0 aliphatic carbocycles. The molecule has 6 nitrogen and oxygen atoms in total. The second kappa shape index (κ2) is 9.44. The van der Waals surface area contributed by atoms with Gasteiger partial charge in [-0.1, -0.05) is 91.0 Å². The second-order valence-corrected chi connectivity index (χ2v) is 12.3. The SMILES string of the molecule is c1ccc(-n2c3ccc(-n4c5ccccc5c5ccccc54)cc3c3c4ccccc4n(-c4ncc5c(n4)oc4ccccc45)c32)cc1. The number of aromatic nitrogens is 5. The minimum Gasteiger partial charge on any atom is -0.438 e. The Morgan fingerprint density at radius 1 is 0.438 bits per heavy atom. The van der Waals surface area contributed by atoms with E-state index < -0.39 is 0 Å². The summed E-state index contributed by atoms with van der Waals surface area (Å²) < 4.78 is 13.1. The van der Waals surface area contributed by atoms with Gasteiger partial charge >= 0.3 is 0 Å². The lowest BCUT2D eigenvalue weighted by Crippen LogP contribution is -2.05. The number of hydrogen-bond acceptors (Lipinski definition) is 3. The van der Waals surface area contributed by atoms with Crippen molar-refractivity contribution in [2.75, 3.05) is 0 Å². The van der Waals surface area contributed by atoms with Crippen LogP contribution in [0.15, 0.2) is 156 Å². The van der Waals surface area contributed by atoms with Crippen molar-refractivity contribution in [1.29, 1.82) is 0 Å². The van der Waals surface area contributed by atoms with E-state index in [2.05, 4.69) is 141 Å². The Bertz CT molecular complexity index is 3010. The zero-order valence-electron chi connectivity index (χ0n) is 25.6. The fourth-order valence-electron chi connectivity index (χ4n) is 7.73. The standard InChI is InChI=1S/C42H25N5O/c1-2-12-26(13-3-1)46-37-23-22-27(45-34-18-8-4-14-28(34)29-15-5-9-19-35(29)45)24-32(37)39-31-17-6-10-20-36(31)47(41(39)46)42-43-25-33-30-16-7-11-21-38(30)48-40(33)44-42/h1-25H. The summed E-state index contributed by atoms with van der Waals surface area (Å²) in [6, 6.07) is 51.3. The van der Waals surface area contributed by atoms with Gasteiger partial charge in [0.2, 0.25) is 11.7 Å². The number of hydrogen-bond donors (Lipinski definition) is 0.